The van der Waals surface area contributed by atoms with E-state index in [-0.39, 0.29) is 25.9 Å². The molecule has 1 aliphatic heterocycles. The van der Waals surface area contributed by atoms with Gasteiger partial charge in [0.15, 0.2) is 11.5 Å². The Kier molecular flexibility index (Phi) is 5.57. The molecule has 0 saturated heterocycles. The summed E-state index contributed by atoms with van der Waals surface area (Å²) in [5, 5.41) is 2.69. The molecule has 0 spiro atoms. The van der Waals surface area contributed by atoms with E-state index in [2.05, 4.69) is 17.2 Å². The fourth-order valence-corrected chi connectivity index (χ4v) is 2.13. The van der Waals surface area contributed by atoms with Crippen LogP contribution in [0.1, 0.15) is 5.56 Å². The molecule has 1 aliphatic rings. The summed E-state index contributed by atoms with van der Waals surface area (Å²) in [6.07, 6.45) is 3.24. The van der Waals surface area contributed by atoms with Crippen molar-refractivity contribution in [1.29, 1.82) is 0 Å². The minimum absolute atomic E-state index is 0.185. The Morgan fingerprint density at radius 3 is 2.84 bits per heavy atom. The number of amides is 1. The van der Waals surface area contributed by atoms with Gasteiger partial charge in [-0.2, -0.15) is 0 Å². The average Bonchev–Trinajstić information content (AvgIpc) is 3.11. The maximum Gasteiger partial charge on any atom is 0.244 e. The van der Waals surface area contributed by atoms with Crippen LogP contribution in [0, 0.1) is 11.8 Å². The van der Waals surface area contributed by atoms with Crippen LogP contribution >= 0.6 is 0 Å². The summed E-state index contributed by atoms with van der Waals surface area (Å²) < 4.78 is 16.0. The number of hydrogen-bond donors (Lipinski definition) is 1. The summed E-state index contributed by atoms with van der Waals surface area (Å²) in [5.74, 6) is 7.55. The van der Waals surface area contributed by atoms with Gasteiger partial charge in [-0.15, -0.1) is 0 Å². The van der Waals surface area contributed by atoms with Gasteiger partial charge in [0.1, 0.15) is 12.4 Å². The summed E-state index contributed by atoms with van der Waals surface area (Å²) in [4.78, 5) is 11.7. The van der Waals surface area contributed by atoms with E-state index in [1.807, 2.05) is 30.3 Å². The fourth-order valence-electron chi connectivity index (χ4n) is 2.13. The molecule has 2 aromatic carbocycles. The highest BCUT2D eigenvalue weighted by Crippen LogP contribution is 2.34. The minimum Gasteiger partial charge on any atom is -0.481 e. The molecule has 126 valence electrons. The molecule has 0 fully saturated rings. The second-order valence-corrected chi connectivity index (χ2v) is 5.12. The first-order valence-corrected chi connectivity index (χ1v) is 7.80. The molecule has 0 atom stereocenters. The maximum absolute atomic E-state index is 11.7. The van der Waals surface area contributed by atoms with Gasteiger partial charge < -0.3 is 19.5 Å². The Balaban J connectivity index is 1.37. The molecule has 25 heavy (non-hydrogen) atoms. The standard InChI is InChI=1S/C20H17NO4/c22-20(11-8-16-6-2-1-3-7-16)21-12-4-5-13-23-17-9-10-18-19(14-17)25-15-24-18/h1-3,6-11,14H,12-13,15H2,(H,21,22)/b11-8+. The molecule has 2 aromatic rings. The van der Waals surface area contributed by atoms with Gasteiger partial charge in [-0.05, 0) is 23.8 Å². The van der Waals surface area contributed by atoms with Gasteiger partial charge in [-0.25, -0.2) is 0 Å². The van der Waals surface area contributed by atoms with Crippen molar-refractivity contribution in [2.45, 2.75) is 0 Å². The average molecular weight is 335 g/mol. The molecule has 1 heterocycles. The van der Waals surface area contributed by atoms with Crippen molar-refractivity contribution >= 4 is 12.0 Å². The van der Waals surface area contributed by atoms with Crippen LogP contribution in [0.4, 0.5) is 0 Å². The van der Waals surface area contributed by atoms with Crippen LogP contribution in [0.15, 0.2) is 54.6 Å². The molecule has 0 aromatic heterocycles. The third kappa shape index (κ3) is 5.05. The molecule has 0 radical (unpaired) electrons. The third-order valence-electron chi connectivity index (χ3n) is 3.36. The van der Waals surface area contributed by atoms with Crippen molar-refractivity contribution in [3.05, 3.63) is 60.2 Å². The predicted octanol–water partition coefficient (Wildman–Crippen LogP) is 2.63. The van der Waals surface area contributed by atoms with Crippen molar-refractivity contribution in [1.82, 2.24) is 5.32 Å². The van der Waals surface area contributed by atoms with Crippen molar-refractivity contribution < 1.29 is 19.0 Å². The SMILES string of the molecule is O=C(/C=C/c1ccccc1)NCC#CCOc1ccc2c(c1)OCO2. The molecule has 5 heteroatoms. The minimum atomic E-state index is -0.185. The van der Waals surface area contributed by atoms with E-state index in [0.29, 0.717) is 17.2 Å². The highest BCUT2D eigenvalue weighted by molar-refractivity contribution is 5.91. The van der Waals surface area contributed by atoms with Crippen LogP contribution in [0.25, 0.3) is 6.08 Å². The zero-order chi connectivity index (χ0) is 17.3. The summed E-state index contributed by atoms with van der Waals surface area (Å²) in [7, 11) is 0. The summed E-state index contributed by atoms with van der Waals surface area (Å²) in [5.41, 5.74) is 0.973. The zero-order valence-corrected chi connectivity index (χ0v) is 13.5. The Hall–Kier alpha value is -3.39. The van der Waals surface area contributed by atoms with E-state index < -0.39 is 0 Å². The summed E-state index contributed by atoms with van der Waals surface area (Å²) >= 11 is 0. The monoisotopic (exact) mass is 335 g/mol. The Morgan fingerprint density at radius 2 is 1.96 bits per heavy atom. The zero-order valence-electron chi connectivity index (χ0n) is 13.5. The highest BCUT2D eigenvalue weighted by atomic mass is 16.7. The van der Waals surface area contributed by atoms with E-state index in [9.17, 15) is 4.79 Å². The van der Waals surface area contributed by atoms with Crippen molar-refractivity contribution in [3.8, 4) is 29.1 Å². The van der Waals surface area contributed by atoms with E-state index in [4.69, 9.17) is 14.2 Å². The highest BCUT2D eigenvalue weighted by Gasteiger charge is 2.13. The fraction of sp³-hybridized carbons (Fsp3) is 0.150. The smallest absolute Gasteiger partial charge is 0.244 e. The van der Waals surface area contributed by atoms with Crippen LogP contribution < -0.4 is 19.5 Å². The van der Waals surface area contributed by atoms with Gasteiger partial charge in [0, 0.05) is 12.1 Å². The maximum atomic E-state index is 11.7. The summed E-state index contributed by atoms with van der Waals surface area (Å²) in [6, 6.07) is 15.0. The normalized spacial score (nSPS) is 11.7. The second kappa shape index (κ2) is 8.46. The molecular weight excluding hydrogens is 318 g/mol. The number of ether oxygens (including phenoxy) is 3. The van der Waals surface area contributed by atoms with Crippen molar-refractivity contribution in [2.75, 3.05) is 19.9 Å². The largest absolute Gasteiger partial charge is 0.481 e. The first kappa shape index (κ1) is 16.5. The lowest BCUT2D eigenvalue weighted by Gasteiger charge is -2.02. The van der Waals surface area contributed by atoms with E-state index in [0.717, 1.165) is 5.56 Å². The van der Waals surface area contributed by atoms with Gasteiger partial charge in [0.25, 0.3) is 0 Å². The molecular formula is C20H17NO4. The molecule has 3 rings (SSSR count). The van der Waals surface area contributed by atoms with Gasteiger partial charge in [0.05, 0.1) is 6.54 Å². The van der Waals surface area contributed by atoms with Gasteiger partial charge in [-0.3, -0.25) is 4.79 Å². The third-order valence-corrected chi connectivity index (χ3v) is 3.36. The second-order valence-electron chi connectivity index (χ2n) is 5.12. The van der Waals surface area contributed by atoms with Gasteiger partial charge >= 0.3 is 0 Å². The molecule has 1 N–H and O–H groups in total. The van der Waals surface area contributed by atoms with Gasteiger partial charge in [-0.1, -0.05) is 42.2 Å². The molecule has 5 nitrogen and oxygen atoms in total. The van der Waals surface area contributed by atoms with Crippen LogP contribution in [0.5, 0.6) is 17.2 Å². The van der Waals surface area contributed by atoms with Crippen LogP contribution in [0.3, 0.4) is 0 Å². The Morgan fingerprint density at radius 1 is 1.12 bits per heavy atom. The topological polar surface area (TPSA) is 56.8 Å². The molecule has 1 amide bonds. The molecule has 0 bridgehead atoms. The number of hydrogen-bond acceptors (Lipinski definition) is 4. The molecule has 0 unspecified atom stereocenters. The lowest BCUT2D eigenvalue weighted by Crippen LogP contribution is -2.21. The van der Waals surface area contributed by atoms with E-state index >= 15 is 0 Å². The molecule has 0 aliphatic carbocycles. The van der Waals surface area contributed by atoms with Crippen LogP contribution in [-0.2, 0) is 4.79 Å². The number of carbonyl (C=O) groups is 1. The number of nitrogens with one attached hydrogen (secondary N) is 1. The number of benzene rings is 2. The van der Waals surface area contributed by atoms with Gasteiger partial charge in [0.2, 0.25) is 12.7 Å². The van der Waals surface area contributed by atoms with Crippen molar-refractivity contribution in [3.63, 3.8) is 0 Å². The number of rotatable bonds is 5. The Labute approximate surface area is 146 Å². The first-order chi connectivity index (χ1) is 12.3. The van der Waals surface area contributed by atoms with E-state index in [1.54, 1.807) is 24.3 Å². The lowest BCUT2D eigenvalue weighted by molar-refractivity contribution is -0.116. The first-order valence-electron chi connectivity index (χ1n) is 7.80. The summed E-state index contributed by atoms with van der Waals surface area (Å²) in [6.45, 7) is 0.731. The van der Waals surface area contributed by atoms with Crippen molar-refractivity contribution in [2.24, 2.45) is 0 Å². The molecule has 0 saturated carbocycles. The Bertz CT molecular complexity index is 819. The van der Waals surface area contributed by atoms with Crippen LogP contribution in [-0.4, -0.2) is 25.9 Å². The quantitative estimate of drug-likeness (QED) is 0.674. The predicted molar refractivity (Wildman–Crippen MR) is 94.3 cm³/mol. The lowest BCUT2D eigenvalue weighted by atomic mass is 10.2. The number of fused-ring (bicyclic) bond motifs is 1. The number of carbonyl (C=O) groups excluding carboxylic acids is 1. The van der Waals surface area contributed by atoms with E-state index in [1.165, 1.54) is 6.08 Å². The van der Waals surface area contributed by atoms with Crippen LogP contribution in [0.2, 0.25) is 0 Å².